The summed E-state index contributed by atoms with van der Waals surface area (Å²) in [4.78, 5) is 41.3. The largest absolute Gasteiger partial charge is 0.439 e. The number of hydrogen-bond acceptors (Lipinski definition) is 10. The fourth-order valence-corrected chi connectivity index (χ4v) is 3.92. The van der Waals surface area contributed by atoms with Crippen molar-refractivity contribution in [3.8, 4) is 22.6 Å². The van der Waals surface area contributed by atoms with E-state index in [2.05, 4.69) is 25.3 Å². The lowest BCUT2D eigenvalue weighted by Crippen LogP contribution is -2.22. The highest BCUT2D eigenvalue weighted by atomic mass is 32.1. The smallest absolute Gasteiger partial charge is 0.294 e. The van der Waals surface area contributed by atoms with E-state index in [-0.39, 0.29) is 29.9 Å². The maximum Gasteiger partial charge on any atom is 0.294 e. The molecule has 0 aliphatic rings. The van der Waals surface area contributed by atoms with Gasteiger partial charge in [-0.05, 0) is 32.2 Å². The zero-order valence-electron chi connectivity index (χ0n) is 19.7. The minimum Gasteiger partial charge on any atom is -0.439 e. The molecule has 0 saturated heterocycles. The number of nitrogens with one attached hydrogen (secondary N) is 1. The van der Waals surface area contributed by atoms with Crippen LogP contribution < -0.4 is 26.1 Å². The zero-order chi connectivity index (χ0) is 25.7. The minimum atomic E-state index is -0.299. The highest BCUT2D eigenvalue weighted by Gasteiger charge is 2.15. The summed E-state index contributed by atoms with van der Waals surface area (Å²) >= 11 is 1.24. The average molecular weight is 508 g/mol. The first kappa shape index (κ1) is 24.5. The van der Waals surface area contributed by atoms with Crippen LogP contribution in [0.25, 0.3) is 10.2 Å². The van der Waals surface area contributed by atoms with Crippen molar-refractivity contribution in [3.63, 3.8) is 0 Å². The van der Waals surface area contributed by atoms with Crippen molar-refractivity contribution in [2.75, 3.05) is 5.32 Å². The standard InChI is InChI=1S/C24H23N7O4S.H2/c1-14(2)31-13-16(26-7-4-6-25)9-19(23(31)33)35-24-30-18-12-28-22(11-20(18)36-24)34-17-5-8-27-21(10-17)29-15(3)32;/h4-14H,25H2,1-3H3,(H,27,29,32);1H/b6-4-,26-7?;. The molecule has 0 bridgehead atoms. The van der Waals surface area contributed by atoms with Crippen LogP contribution in [0.2, 0.25) is 0 Å². The SMILES string of the molecule is CC(=O)Nc1cc(Oc2cc3sc(Oc4cc(N=C/C=C\N)cn(C(C)C)c4=O)nc3cn2)ccn1.[HH]. The highest BCUT2D eigenvalue weighted by Crippen LogP contribution is 2.33. The van der Waals surface area contributed by atoms with E-state index in [4.69, 9.17) is 15.2 Å². The van der Waals surface area contributed by atoms with Gasteiger partial charge < -0.3 is 25.1 Å². The molecular weight excluding hydrogens is 482 g/mol. The summed E-state index contributed by atoms with van der Waals surface area (Å²) in [5.41, 5.74) is 6.17. The molecule has 4 aromatic heterocycles. The van der Waals surface area contributed by atoms with Crippen molar-refractivity contribution >= 4 is 45.2 Å². The predicted octanol–water partition coefficient (Wildman–Crippen LogP) is 4.79. The number of hydrogen-bond donors (Lipinski definition) is 2. The van der Waals surface area contributed by atoms with Crippen LogP contribution in [0, 0.1) is 0 Å². The Morgan fingerprint density at radius 2 is 2.11 bits per heavy atom. The van der Waals surface area contributed by atoms with E-state index in [0.29, 0.717) is 28.7 Å². The van der Waals surface area contributed by atoms with Crippen LogP contribution in [0.1, 0.15) is 28.2 Å². The molecular formula is C24H25N7O4S. The fraction of sp³-hybridized carbons (Fsp3) is 0.167. The van der Waals surface area contributed by atoms with E-state index >= 15 is 0 Å². The third-order valence-electron chi connectivity index (χ3n) is 4.66. The Morgan fingerprint density at radius 1 is 1.28 bits per heavy atom. The van der Waals surface area contributed by atoms with Crippen molar-refractivity contribution in [1.82, 2.24) is 19.5 Å². The second-order valence-electron chi connectivity index (χ2n) is 7.76. The molecule has 4 aromatic rings. The van der Waals surface area contributed by atoms with Crippen molar-refractivity contribution < 1.29 is 15.7 Å². The van der Waals surface area contributed by atoms with Gasteiger partial charge >= 0.3 is 0 Å². The third-order valence-corrected chi connectivity index (χ3v) is 5.55. The van der Waals surface area contributed by atoms with Crippen LogP contribution in [0.5, 0.6) is 22.6 Å². The van der Waals surface area contributed by atoms with Crippen LogP contribution >= 0.6 is 11.3 Å². The van der Waals surface area contributed by atoms with Crippen molar-refractivity contribution in [2.24, 2.45) is 10.7 Å². The zero-order valence-corrected chi connectivity index (χ0v) is 20.5. The van der Waals surface area contributed by atoms with E-state index in [9.17, 15) is 9.59 Å². The number of fused-ring (bicyclic) bond motifs is 1. The number of rotatable bonds is 8. The molecule has 12 heteroatoms. The molecule has 3 N–H and O–H groups in total. The number of anilines is 1. The Kier molecular flexibility index (Phi) is 7.35. The Labute approximate surface area is 211 Å². The number of ether oxygens (including phenoxy) is 2. The monoisotopic (exact) mass is 507 g/mol. The van der Waals surface area contributed by atoms with E-state index in [1.54, 1.807) is 47.3 Å². The molecule has 0 spiro atoms. The summed E-state index contributed by atoms with van der Waals surface area (Å²) in [5.74, 6) is 1.01. The summed E-state index contributed by atoms with van der Waals surface area (Å²) in [6, 6.07) is 6.41. The number of aliphatic imine (C=N–C) groups is 1. The van der Waals surface area contributed by atoms with E-state index in [1.165, 1.54) is 36.9 Å². The van der Waals surface area contributed by atoms with Crippen molar-refractivity contribution in [1.29, 1.82) is 0 Å². The molecule has 186 valence electrons. The number of allylic oxidation sites excluding steroid dienone is 1. The molecule has 11 nitrogen and oxygen atoms in total. The van der Waals surface area contributed by atoms with Gasteiger partial charge in [-0.2, -0.15) is 0 Å². The number of nitrogens with two attached hydrogens (primary N) is 1. The van der Waals surface area contributed by atoms with E-state index < -0.39 is 0 Å². The number of pyridine rings is 3. The fourth-order valence-electron chi connectivity index (χ4n) is 3.10. The van der Waals surface area contributed by atoms with Gasteiger partial charge in [0.15, 0.2) is 5.75 Å². The highest BCUT2D eigenvalue weighted by molar-refractivity contribution is 7.20. The molecule has 0 atom stereocenters. The lowest BCUT2D eigenvalue weighted by atomic mass is 10.3. The molecule has 0 fully saturated rings. The Hall–Kier alpha value is -4.58. The summed E-state index contributed by atoms with van der Waals surface area (Å²) in [6.45, 7) is 5.19. The maximum absolute atomic E-state index is 12.9. The number of carbonyl (C=O) groups excluding carboxylic acids is 1. The second kappa shape index (κ2) is 10.8. The summed E-state index contributed by atoms with van der Waals surface area (Å²) in [5, 5.41) is 2.88. The van der Waals surface area contributed by atoms with Gasteiger partial charge in [0, 0.05) is 51.2 Å². The van der Waals surface area contributed by atoms with Crippen LogP contribution in [-0.2, 0) is 4.79 Å². The lowest BCUT2D eigenvalue weighted by Gasteiger charge is -2.12. The number of aromatic nitrogens is 4. The van der Waals surface area contributed by atoms with E-state index in [0.717, 1.165) is 4.70 Å². The Balaban J connectivity index is 0.00000380. The molecule has 0 aliphatic heterocycles. The van der Waals surface area contributed by atoms with Gasteiger partial charge in [0.05, 0.1) is 16.6 Å². The van der Waals surface area contributed by atoms with Crippen molar-refractivity contribution in [3.05, 3.63) is 65.5 Å². The first-order valence-corrected chi connectivity index (χ1v) is 11.7. The van der Waals surface area contributed by atoms with Crippen molar-refractivity contribution in [2.45, 2.75) is 26.8 Å². The normalized spacial score (nSPS) is 11.6. The average Bonchev–Trinajstić information content (AvgIpc) is 3.22. The van der Waals surface area contributed by atoms with Gasteiger partial charge in [-0.3, -0.25) is 14.6 Å². The number of amides is 1. The molecule has 1 amide bonds. The predicted molar refractivity (Wildman–Crippen MR) is 141 cm³/mol. The molecule has 0 aliphatic carbocycles. The molecule has 0 aromatic carbocycles. The number of thiazole rings is 1. The van der Waals surface area contributed by atoms with Crippen LogP contribution in [0.3, 0.4) is 0 Å². The topological polar surface area (TPSA) is 147 Å². The molecule has 0 radical (unpaired) electrons. The number of carbonyl (C=O) groups is 1. The second-order valence-corrected chi connectivity index (χ2v) is 8.76. The maximum atomic E-state index is 12.9. The van der Waals surface area contributed by atoms with Gasteiger partial charge in [-0.25, -0.2) is 15.0 Å². The summed E-state index contributed by atoms with van der Waals surface area (Å²) in [7, 11) is 0. The van der Waals surface area contributed by atoms with Crippen LogP contribution in [0.4, 0.5) is 11.5 Å². The molecule has 4 rings (SSSR count). The molecule has 4 heterocycles. The summed E-state index contributed by atoms with van der Waals surface area (Å²) in [6.07, 6.45) is 9.20. The third kappa shape index (κ3) is 5.91. The molecule has 0 unspecified atom stereocenters. The lowest BCUT2D eigenvalue weighted by molar-refractivity contribution is -0.114. The molecule has 36 heavy (non-hydrogen) atoms. The van der Waals surface area contributed by atoms with Crippen LogP contribution in [-0.4, -0.2) is 31.6 Å². The van der Waals surface area contributed by atoms with Gasteiger partial charge in [-0.15, -0.1) is 0 Å². The molecule has 0 saturated carbocycles. The first-order chi connectivity index (χ1) is 17.3. The summed E-state index contributed by atoms with van der Waals surface area (Å²) < 4.78 is 14.0. The van der Waals surface area contributed by atoms with E-state index in [1.807, 2.05) is 13.8 Å². The Bertz CT molecular complexity index is 1530. The van der Waals surface area contributed by atoms with Gasteiger partial charge in [0.2, 0.25) is 11.8 Å². The quantitative estimate of drug-likeness (QED) is 0.324. The van der Waals surface area contributed by atoms with Gasteiger partial charge in [-0.1, -0.05) is 11.3 Å². The first-order valence-electron chi connectivity index (χ1n) is 10.9. The van der Waals surface area contributed by atoms with Crippen LogP contribution in [0.15, 0.2) is 64.9 Å². The Morgan fingerprint density at radius 3 is 2.86 bits per heavy atom. The minimum absolute atomic E-state index is 0. The number of nitrogens with zero attached hydrogens (tertiary/aromatic N) is 5. The van der Waals surface area contributed by atoms with Gasteiger partial charge in [0.1, 0.15) is 17.1 Å². The van der Waals surface area contributed by atoms with Gasteiger partial charge in [0.25, 0.3) is 10.8 Å².